The van der Waals surface area contributed by atoms with Crippen LogP contribution >= 0.6 is 15.9 Å². The van der Waals surface area contributed by atoms with E-state index in [2.05, 4.69) is 36.2 Å². The number of piperazine rings is 1. The van der Waals surface area contributed by atoms with Gasteiger partial charge in [-0.2, -0.15) is 4.31 Å². The molecule has 27 heavy (non-hydrogen) atoms. The molecule has 3 heterocycles. The van der Waals surface area contributed by atoms with Crippen LogP contribution in [0.5, 0.6) is 0 Å². The van der Waals surface area contributed by atoms with Gasteiger partial charge in [-0.25, -0.2) is 23.1 Å². The zero-order valence-electron chi connectivity index (χ0n) is 14.7. The highest BCUT2D eigenvalue weighted by molar-refractivity contribution is 9.10. The molecule has 0 bridgehead atoms. The van der Waals surface area contributed by atoms with Crippen LogP contribution in [0.3, 0.4) is 0 Å². The quantitative estimate of drug-likeness (QED) is 0.592. The molecule has 0 atom stereocenters. The van der Waals surface area contributed by atoms with Gasteiger partial charge in [-0.3, -0.25) is 0 Å². The third kappa shape index (κ3) is 3.30. The van der Waals surface area contributed by atoms with Gasteiger partial charge in [0.15, 0.2) is 17.0 Å². The highest BCUT2D eigenvalue weighted by Gasteiger charge is 2.30. The van der Waals surface area contributed by atoms with Crippen LogP contribution in [0.2, 0.25) is 0 Å². The topological polar surface area (TPSA) is 97.1 Å². The maximum atomic E-state index is 12.8. The largest absolute Gasteiger partial charge is 0.352 e. The second-order valence-corrected chi connectivity index (χ2v) is 8.97. The molecule has 9 nitrogen and oxygen atoms in total. The minimum Gasteiger partial charge on any atom is -0.352 e. The molecule has 1 saturated heterocycles. The van der Waals surface area contributed by atoms with Gasteiger partial charge in [0.2, 0.25) is 10.0 Å². The van der Waals surface area contributed by atoms with Crippen molar-refractivity contribution >= 4 is 42.9 Å². The Morgan fingerprint density at radius 2 is 1.78 bits per heavy atom. The van der Waals surface area contributed by atoms with E-state index in [-0.39, 0.29) is 0 Å². The number of aromatic nitrogens is 5. The molecule has 1 aliphatic rings. The zero-order valence-corrected chi connectivity index (χ0v) is 17.1. The van der Waals surface area contributed by atoms with Crippen molar-refractivity contribution in [1.29, 1.82) is 0 Å². The molecule has 0 amide bonds. The maximum Gasteiger partial charge on any atom is 0.243 e. The number of aryl methyl sites for hydroxylation is 1. The second kappa shape index (κ2) is 7.13. The van der Waals surface area contributed by atoms with Gasteiger partial charge >= 0.3 is 0 Å². The lowest BCUT2D eigenvalue weighted by Gasteiger charge is -2.34. The number of fused-ring (bicyclic) bond motifs is 1. The number of benzene rings is 1. The van der Waals surface area contributed by atoms with Crippen molar-refractivity contribution in [1.82, 2.24) is 29.3 Å². The predicted molar refractivity (Wildman–Crippen MR) is 104 cm³/mol. The lowest BCUT2D eigenvalue weighted by atomic mass is 10.3. The number of sulfonamides is 1. The fraction of sp³-hybridized carbons (Fsp3) is 0.375. The van der Waals surface area contributed by atoms with Crippen LogP contribution < -0.4 is 4.90 Å². The van der Waals surface area contributed by atoms with Gasteiger partial charge in [-0.1, -0.05) is 21.1 Å². The summed E-state index contributed by atoms with van der Waals surface area (Å²) in [7, 11) is -3.51. The molecule has 142 valence electrons. The smallest absolute Gasteiger partial charge is 0.243 e. The highest BCUT2D eigenvalue weighted by Crippen LogP contribution is 2.24. The Balaban J connectivity index is 1.54. The molecule has 4 rings (SSSR count). The van der Waals surface area contributed by atoms with Gasteiger partial charge in [0.25, 0.3) is 0 Å². The number of rotatable bonds is 4. The van der Waals surface area contributed by atoms with Crippen LogP contribution in [-0.2, 0) is 16.6 Å². The van der Waals surface area contributed by atoms with Crippen LogP contribution in [0.15, 0.2) is 40.0 Å². The number of anilines is 1. The zero-order chi connectivity index (χ0) is 19.0. The molecule has 0 radical (unpaired) electrons. The summed E-state index contributed by atoms with van der Waals surface area (Å²) in [6.45, 7) is 4.47. The van der Waals surface area contributed by atoms with E-state index in [1.807, 2.05) is 11.8 Å². The second-order valence-electron chi connectivity index (χ2n) is 6.12. The average molecular weight is 452 g/mol. The molecule has 0 N–H and O–H groups in total. The monoisotopic (exact) mass is 451 g/mol. The summed E-state index contributed by atoms with van der Waals surface area (Å²) in [4.78, 5) is 11.0. The summed E-state index contributed by atoms with van der Waals surface area (Å²) >= 11 is 3.33. The molecule has 1 aromatic carbocycles. The van der Waals surface area contributed by atoms with Crippen molar-refractivity contribution in [3.05, 3.63) is 35.1 Å². The molecule has 2 aromatic heterocycles. The molecule has 1 fully saturated rings. The van der Waals surface area contributed by atoms with E-state index in [4.69, 9.17) is 0 Å². The fourth-order valence-corrected chi connectivity index (χ4v) is 4.81. The first kappa shape index (κ1) is 18.3. The third-order valence-electron chi connectivity index (χ3n) is 4.57. The Kier molecular flexibility index (Phi) is 4.82. The highest BCUT2D eigenvalue weighted by atomic mass is 79.9. The summed E-state index contributed by atoms with van der Waals surface area (Å²) in [6, 6.07) is 6.70. The third-order valence-corrected chi connectivity index (χ3v) is 7.01. The molecule has 0 aliphatic carbocycles. The van der Waals surface area contributed by atoms with Crippen molar-refractivity contribution in [2.45, 2.75) is 18.4 Å². The fourth-order valence-electron chi connectivity index (χ4n) is 3.12. The predicted octanol–water partition coefficient (Wildman–Crippen LogP) is 1.51. The van der Waals surface area contributed by atoms with Crippen molar-refractivity contribution < 1.29 is 8.42 Å². The Labute approximate surface area is 165 Å². The lowest BCUT2D eigenvalue weighted by Crippen LogP contribution is -2.49. The molecule has 0 unspecified atom stereocenters. The van der Waals surface area contributed by atoms with E-state index < -0.39 is 10.0 Å². The molecule has 11 heteroatoms. The van der Waals surface area contributed by atoms with Crippen LogP contribution in [-0.4, -0.2) is 63.9 Å². The van der Waals surface area contributed by atoms with Crippen molar-refractivity contribution in [2.75, 3.05) is 31.1 Å². The minimum atomic E-state index is -3.51. The SMILES string of the molecule is CCn1nnc2c(N3CCN(S(=O)(=O)c4ccc(Br)cc4)CC3)ncnc21. The van der Waals surface area contributed by atoms with Crippen LogP contribution in [0.25, 0.3) is 11.2 Å². The van der Waals surface area contributed by atoms with Gasteiger partial charge in [0.05, 0.1) is 4.90 Å². The minimum absolute atomic E-state index is 0.300. The van der Waals surface area contributed by atoms with Crippen LogP contribution in [0, 0.1) is 0 Å². The Morgan fingerprint density at radius 1 is 1.07 bits per heavy atom. The summed E-state index contributed by atoms with van der Waals surface area (Å²) < 4.78 is 29.7. The van der Waals surface area contributed by atoms with Gasteiger partial charge in [0, 0.05) is 37.2 Å². The molecule has 0 spiro atoms. The van der Waals surface area contributed by atoms with E-state index in [1.54, 1.807) is 28.9 Å². The molecule has 3 aromatic rings. The van der Waals surface area contributed by atoms with Gasteiger partial charge in [-0.05, 0) is 31.2 Å². The standard InChI is InChI=1S/C16H18BrN7O2S/c1-2-24-16-14(20-21-24)15(18-11-19-16)22-7-9-23(10-8-22)27(25,26)13-5-3-12(17)4-6-13/h3-6,11H,2,7-10H2,1H3. The molecular formula is C16H18BrN7O2S. The Morgan fingerprint density at radius 3 is 2.44 bits per heavy atom. The van der Waals surface area contributed by atoms with E-state index in [9.17, 15) is 8.42 Å². The molecular weight excluding hydrogens is 434 g/mol. The van der Waals surface area contributed by atoms with Crippen molar-refractivity contribution in [2.24, 2.45) is 0 Å². The maximum absolute atomic E-state index is 12.8. The summed E-state index contributed by atoms with van der Waals surface area (Å²) in [5.74, 6) is 0.695. The molecule has 1 aliphatic heterocycles. The summed E-state index contributed by atoms with van der Waals surface area (Å²) in [5, 5.41) is 8.30. The van der Waals surface area contributed by atoms with Gasteiger partial charge in [-0.15, -0.1) is 5.10 Å². The first-order chi connectivity index (χ1) is 13.0. The number of hydrogen-bond donors (Lipinski definition) is 0. The average Bonchev–Trinajstić information content (AvgIpc) is 3.12. The lowest BCUT2D eigenvalue weighted by molar-refractivity contribution is 0.384. The van der Waals surface area contributed by atoms with E-state index in [0.717, 1.165) is 4.47 Å². The Bertz CT molecular complexity index is 1060. The Hall–Kier alpha value is -2.11. The number of nitrogens with zero attached hydrogens (tertiary/aromatic N) is 7. The van der Waals surface area contributed by atoms with Gasteiger partial charge in [0.1, 0.15) is 6.33 Å². The van der Waals surface area contributed by atoms with Crippen molar-refractivity contribution in [3.8, 4) is 0 Å². The van der Waals surface area contributed by atoms with Crippen LogP contribution in [0.1, 0.15) is 6.92 Å². The number of hydrogen-bond acceptors (Lipinski definition) is 7. The van der Waals surface area contributed by atoms with E-state index in [1.165, 1.54) is 10.6 Å². The van der Waals surface area contributed by atoms with Crippen LogP contribution in [0.4, 0.5) is 5.82 Å². The first-order valence-electron chi connectivity index (χ1n) is 8.55. The number of halogens is 1. The normalized spacial score (nSPS) is 16.1. The van der Waals surface area contributed by atoms with Crippen molar-refractivity contribution in [3.63, 3.8) is 0 Å². The van der Waals surface area contributed by atoms with Gasteiger partial charge < -0.3 is 4.90 Å². The van der Waals surface area contributed by atoms with E-state index in [0.29, 0.717) is 54.6 Å². The molecule has 0 saturated carbocycles. The summed E-state index contributed by atoms with van der Waals surface area (Å²) in [6.07, 6.45) is 1.50. The van der Waals surface area contributed by atoms with E-state index >= 15 is 0 Å². The first-order valence-corrected chi connectivity index (χ1v) is 10.8. The summed E-state index contributed by atoms with van der Waals surface area (Å²) in [5.41, 5.74) is 1.33.